The number of aliphatic carboxylic acids is 1. The zero-order valence-electron chi connectivity index (χ0n) is 19.1. The number of benzene rings is 2. The van der Waals surface area contributed by atoms with Crippen LogP contribution in [0.5, 0.6) is 0 Å². The van der Waals surface area contributed by atoms with Crippen LogP contribution in [-0.2, 0) is 19.1 Å². The van der Waals surface area contributed by atoms with Crippen molar-refractivity contribution in [3.63, 3.8) is 0 Å². The van der Waals surface area contributed by atoms with Gasteiger partial charge in [0.15, 0.2) is 6.04 Å². The topological polar surface area (TPSA) is 157 Å². The fourth-order valence-electron chi connectivity index (χ4n) is 3.81. The van der Waals surface area contributed by atoms with E-state index >= 15 is 0 Å². The van der Waals surface area contributed by atoms with Gasteiger partial charge in [-0.25, -0.2) is 14.4 Å². The van der Waals surface area contributed by atoms with E-state index < -0.39 is 34.9 Å². The lowest BCUT2D eigenvalue weighted by molar-refractivity contribution is -0.384. The maximum Gasteiger partial charge on any atom is 0.413 e. The molecule has 182 valence electrons. The maximum atomic E-state index is 12.8. The van der Waals surface area contributed by atoms with Crippen molar-refractivity contribution in [2.75, 3.05) is 7.11 Å². The molecule has 11 heteroatoms. The Bertz CT molecular complexity index is 1240. The first-order valence-corrected chi connectivity index (χ1v) is 10.4. The molecule has 2 aromatic carbocycles. The smallest absolute Gasteiger partial charge is 0.413 e. The summed E-state index contributed by atoms with van der Waals surface area (Å²) in [6, 6.07) is 12.2. The number of allylic oxidation sites excluding steroid dienone is 3. The molecule has 0 spiro atoms. The number of carbonyl (C=O) groups is 3. The second-order valence-corrected chi connectivity index (χ2v) is 7.65. The van der Waals surface area contributed by atoms with Crippen LogP contribution < -0.4 is 10.6 Å². The van der Waals surface area contributed by atoms with Gasteiger partial charge in [0, 0.05) is 17.8 Å². The van der Waals surface area contributed by atoms with Crippen molar-refractivity contribution >= 4 is 23.7 Å². The van der Waals surface area contributed by atoms with Gasteiger partial charge < -0.3 is 25.2 Å². The molecule has 0 fully saturated rings. The summed E-state index contributed by atoms with van der Waals surface area (Å²) in [6.07, 6.45) is -1.09. The van der Waals surface area contributed by atoms with Crippen LogP contribution in [0, 0.1) is 10.1 Å². The van der Waals surface area contributed by atoms with Crippen LogP contribution in [0.3, 0.4) is 0 Å². The largest absolute Gasteiger partial charge is 0.479 e. The van der Waals surface area contributed by atoms with Gasteiger partial charge in [0.1, 0.15) is 5.76 Å². The summed E-state index contributed by atoms with van der Waals surface area (Å²) >= 11 is 0. The van der Waals surface area contributed by atoms with Crippen molar-refractivity contribution in [3.05, 3.63) is 98.6 Å². The number of non-ortho nitro benzene ring substituents is 1. The van der Waals surface area contributed by atoms with Gasteiger partial charge in [-0.1, -0.05) is 42.5 Å². The molecule has 2 atom stereocenters. The van der Waals surface area contributed by atoms with Crippen LogP contribution in [0.15, 0.2) is 77.3 Å². The molecule has 0 saturated heterocycles. The highest BCUT2D eigenvalue weighted by molar-refractivity contribution is 5.92. The molecule has 0 bridgehead atoms. The van der Waals surface area contributed by atoms with Gasteiger partial charge in [0.05, 0.1) is 29.2 Å². The second-order valence-electron chi connectivity index (χ2n) is 7.65. The van der Waals surface area contributed by atoms with E-state index in [1.807, 2.05) is 0 Å². The SMILES string of the molecule is COC(=O)C1=C(C)NC(C)=C(OC(=O)NC(C(=O)O)c2ccccc2)C1c1cccc([N+](=O)[O-])c1. The van der Waals surface area contributed by atoms with Gasteiger partial charge >= 0.3 is 18.0 Å². The van der Waals surface area contributed by atoms with E-state index in [9.17, 15) is 29.6 Å². The lowest BCUT2D eigenvalue weighted by Crippen LogP contribution is -2.36. The van der Waals surface area contributed by atoms with Gasteiger partial charge in [0.25, 0.3) is 5.69 Å². The third-order valence-corrected chi connectivity index (χ3v) is 5.36. The summed E-state index contributed by atoms with van der Waals surface area (Å²) < 4.78 is 10.4. The van der Waals surface area contributed by atoms with Gasteiger partial charge in [0.2, 0.25) is 0 Å². The van der Waals surface area contributed by atoms with E-state index in [2.05, 4.69) is 10.6 Å². The molecule has 0 aliphatic carbocycles. The molecule has 1 aliphatic heterocycles. The quantitative estimate of drug-likeness (QED) is 0.306. The molecule has 11 nitrogen and oxygen atoms in total. The summed E-state index contributed by atoms with van der Waals surface area (Å²) in [7, 11) is 1.18. The van der Waals surface area contributed by atoms with Gasteiger partial charge in [-0.15, -0.1) is 0 Å². The molecular weight excluding hydrogens is 458 g/mol. The number of nitro benzene ring substituents is 1. The van der Waals surface area contributed by atoms with Crippen molar-refractivity contribution in [1.29, 1.82) is 0 Å². The van der Waals surface area contributed by atoms with Crippen LogP contribution >= 0.6 is 0 Å². The monoisotopic (exact) mass is 481 g/mol. The first-order valence-electron chi connectivity index (χ1n) is 10.4. The van der Waals surface area contributed by atoms with Gasteiger partial charge in [-0.05, 0) is 25.0 Å². The van der Waals surface area contributed by atoms with E-state index in [-0.39, 0.29) is 17.0 Å². The molecule has 0 radical (unpaired) electrons. The number of carboxylic acid groups (broad SMARTS) is 1. The average Bonchev–Trinajstić information content (AvgIpc) is 2.83. The van der Waals surface area contributed by atoms with Crippen molar-refractivity contribution in [3.8, 4) is 0 Å². The van der Waals surface area contributed by atoms with Crippen molar-refractivity contribution in [2.24, 2.45) is 0 Å². The van der Waals surface area contributed by atoms with Crippen LogP contribution in [-0.4, -0.2) is 35.2 Å². The number of carboxylic acids is 1. The molecule has 1 heterocycles. The zero-order chi connectivity index (χ0) is 25.7. The number of alkyl carbamates (subject to hydrolysis) is 1. The number of hydrogen-bond acceptors (Lipinski definition) is 8. The van der Waals surface area contributed by atoms with Crippen LogP contribution in [0.4, 0.5) is 10.5 Å². The van der Waals surface area contributed by atoms with E-state index in [0.717, 1.165) is 0 Å². The van der Waals surface area contributed by atoms with E-state index in [0.29, 0.717) is 22.5 Å². The highest BCUT2D eigenvalue weighted by Crippen LogP contribution is 2.40. The number of carbonyl (C=O) groups excluding carboxylic acids is 2. The van der Waals surface area contributed by atoms with E-state index in [4.69, 9.17) is 9.47 Å². The number of amides is 1. The number of hydrogen-bond donors (Lipinski definition) is 3. The lowest BCUT2D eigenvalue weighted by Gasteiger charge is -2.30. The molecule has 0 saturated carbocycles. The number of nitrogens with zero attached hydrogens (tertiary/aromatic N) is 1. The first-order chi connectivity index (χ1) is 16.6. The normalized spacial score (nSPS) is 16.1. The Kier molecular flexibility index (Phi) is 7.49. The standard InChI is InChI=1S/C24H23N3O8/c1-13-18(23(30)34-3)19(16-10-7-11-17(12-16)27(32)33)21(14(2)25-13)35-24(31)26-20(22(28)29)15-8-5-4-6-9-15/h4-12,19-20,25H,1-3H3,(H,26,31)(H,28,29). The Labute approximate surface area is 200 Å². The third kappa shape index (κ3) is 5.46. The Balaban J connectivity index is 2.01. The van der Waals surface area contributed by atoms with Crippen LogP contribution in [0.2, 0.25) is 0 Å². The number of nitro groups is 1. The molecule has 2 aromatic rings. The Morgan fingerprint density at radius 3 is 2.37 bits per heavy atom. The minimum Gasteiger partial charge on any atom is -0.479 e. The number of ether oxygens (including phenoxy) is 2. The number of rotatable bonds is 7. The molecule has 3 N–H and O–H groups in total. The Morgan fingerprint density at radius 1 is 1.09 bits per heavy atom. The predicted octanol–water partition coefficient (Wildman–Crippen LogP) is 3.51. The summed E-state index contributed by atoms with van der Waals surface area (Å²) in [5.74, 6) is -3.10. The van der Waals surface area contributed by atoms with Crippen molar-refractivity contribution in [2.45, 2.75) is 25.8 Å². The number of dihydropyridines is 1. The molecular formula is C24H23N3O8. The van der Waals surface area contributed by atoms with Crippen LogP contribution in [0.1, 0.15) is 36.9 Å². The Morgan fingerprint density at radius 2 is 1.77 bits per heavy atom. The maximum absolute atomic E-state index is 12.8. The minimum absolute atomic E-state index is 0.0359. The second kappa shape index (κ2) is 10.5. The number of methoxy groups -OCH3 is 1. The molecule has 2 unspecified atom stereocenters. The summed E-state index contributed by atoms with van der Waals surface area (Å²) in [5, 5.41) is 26.2. The molecule has 0 aromatic heterocycles. The summed E-state index contributed by atoms with van der Waals surface area (Å²) in [6.45, 7) is 3.21. The summed E-state index contributed by atoms with van der Waals surface area (Å²) in [5.41, 5.74) is 1.25. The van der Waals surface area contributed by atoms with Gasteiger partial charge in [-0.3, -0.25) is 10.1 Å². The first kappa shape index (κ1) is 25.0. The fourth-order valence-corrected chi connectivity index (χ4v) is 3.81. The van der Waals surface area contributed by atoms with Crippen LogP contribution in [0.25, 0.3) is 0 Å². The minimum atomic E-state index is -1.39. The van der Waals surface area contributed by atoms with E-state index in [1.54, 1.807) is 50.2 Å². The van der Waals surface area contributed by atoms with Gasteiger partial charge in [-0.2, -0.15) is 0 Å². The predicted molar refractivity (Wildman–Crippen MR) is 123 cm³/mol. The highest BCUT2D eigenvalue weighted by atomic mass is 16.6. The van der Waals surface area contributed by atoms with Crippen molar-refractivity contribution in [1.82, 2.24) is 10.6 Å². The highest BCUT2D eigenvalue weighted by Gasteiger charge is 2.37. The summed E-state index contributed by atoms with van der Waals surface area (Å²) in [4.78, 5) is 48.0. The molecule has 3 rings (SSSR count). The fraction of sp³-hybridized carbons (Fsp3) is 0.208. The van der Waals surface area contributed by atoms with Crippen molar-refractivity contribution < 1.29 is 33.9 Å². The zero-order valence-corrected chi connectivity index (χ0v) is 19.1. The third-order valence-electron chi connectivity index (χ3n) is 5.36. The Hall–Kier alpha value is -4.67. The molecule has 35 heavy (non-hydrogen) atoms. The molecule has 1 aliphatic rings. The average molecular weight is 481 g/mol. The van der Waals surface area contributed by atoms with E-state index in [1.165, 1.54) is 25.3 Å². The lowest BCUT2D eigenvalue weighted by atomic mass is 9.85. The number of nitrogens with one attached hydrogen (secondary N) is 2. The number of esters is 1. The molecule has 1 amide bonds.